The molecule has 0 spiro atoms. The number of fused-ring (bicyclic) bond motifs is 1. The van der Waals surface area contributed by atoms with Crippen molar-refractivity contribution in [2.75, 3.05) is 6.54 Å². The fraction of sp³-hybridized carbons (Fsp3) is 0.375. The van der Waals surface area contributed by atoms with Gasteiger partial charge in [-0.15, -0.1) is 11.3 Å². The van der Waals surface area contributed by atoms with E-state index in [0.29, 0.717) is 13.0 Å². The van der Waals surface area contributed by atoms with Crippen LogP contribution in [-0.2, 0) is 24.2 Å². The van der Waals surface area contributed by atoms with E-state index in [4.69, 9.17) is 5.73 Å². The molecule has 110 valence electrons. The van der Waals surface area contributed by atoms with E-state index in [2.05, 4.69) is 23.2 Å². The molecule has 5 heteroatoms. The van der Waals surface area contributed by atoms with Gasteiger partial charge in [0.15, 0.2) is 0 Å². The van der Waals surface area contributed by atoms with Crippen molar-refractivity contribution in [3.63, 3.8) is 0 Å². The molecule has 1 amide bonds. The van der Waals surface area contributed by atoms with E-state index < -0.39 is 0 Å². The average Bonchev–Trinajstić information content (AvgIpc) is 2.95. The van der Waals surface area contributed by atoms with E-state index >= 15 is 0 Å². The molecule has 1 aromatic heterocycles. The highest BCUT2D eigenvalue weighted by Crippen LogP contribution is 2.20. The first-order valence-corrected chi connectivity index (χ1v) is 8.06. The van der Waals surface area contributed by atoms with Crippen LogP contribution < -0.4 is 5.73 Å². The highest BCUT2D eigenvalue weighted by Gasteiger charge is 2.21. The predicted octanol–water partition coefficient (Wildman–Crippen LogP) is 2.29. The van der Waals surface area contributed by atoms with Gasteiger partial charge in [-0.05, 0) is 24.5 Å². The second-order valence-electron chi connectivity index (χ2n) is 5.48. The van der Waals surface area contributed by atoms with Crippen LogP contribution in [0.4, 0.5) is 0 Å². The van der Waals surface area contributed by atoms with Crippen molar-refractivity contribution in [2.45, 2.75) is 32.4 Å². The molecule has 0 saturated carbocycles. The molecular weight excluding hydrogens is 282 g/mol. The smallest absolute Gasteiger partial charge is 0.228 e. The Morgan fingerprint density at radius 1 is 1.43 bits per heavy atom. The van der Waals surface area contributed by atoms with Gasteiger partial charge < -0.3 is 10.6 Å². The van der Waals surface area contributed by atoms with Crippen LogP contribution >= 0.6 is 11.3 Å². The lowest BCUT2D eigenvalue weighted by molar-refractivity contribution is -0.131. The Labute approximate surface area is 128 Å². The molecule has 0 radical (unpaired) electrons. The zero-order valence-electron chi connectivity index (χ0n) is 12.1. The summed E-state index contributed by atoms with van der Waals surface area (Å²) in [6.07, 6.45) is 1.30. The minimum Gasteiger partial charge on any atom is -0.338 e. The molecule has 4 nitrogen and oxygen atoms in total. The van der Waals surface area contributed by atoms with Crippen LogP contribution in [0.3, 0.4) is 0 Å². The van der Waals surface area contributed by atoms with Crippen molar-refractivity contribution >= 4 is 17.2 Å². The fourth-order valence-corrected chi connectivity index (χ4v) is 3.37. The van der Waals surface area contributed by atoms with E-state index in [0.717, 1.165) is 23.7 Å². The summed E-state index contributed by atoms with van der Waals surface area (Å²) in [6, 6.07) is 8.27. The van der Waals surface area contributed by atoms with Gasteiger partial charge in [0, 0.05) is 18.5 Å². The second kappa shape index (κ2) is 5.95. The fourth-order valence-electron chi connectivity index (χ4n) is 2.59. The molecule has 0 saturated heterocycles. The Morgan fingerprint density at radius 2 is 2.19 bits per heavy atom. The van der Waals surface area contributed by atoms with E-state index in [9.17, 15) is 4.79 Å². The van der Waals surface area contributed by atoms with Crippen LogP contribution in [0.2, 0.25) is 0 Å². The second-order valence-corrected chi connectivity index (χ2v) is 6.37. The van der Waals surface area contributed by atoms with Crippen LogP contribution in [0.1, 0.15) is 34.8 Å². The van der Waals surface area contributed by atoms with E-state index in [-0.39, 0.29) is 11.9 Å². The zero-order valence-corrected chi connectivity index (χ0v) is 12.9. The Balaban J connectivity index is 1.66. The summed E-state index contributed by atoms with van der Waals surface area (Å²) >= 11 is 1.53. The van der Waals surface area contributed by atoms with Gasteiger partial charge in [-0.25, -0.2) is 4.98 Å². The molecule has 21 heavy (non-hydrogen) atoms. The van der Waals surface area contributed by atoms with Gasteiger partial charge in [-0.3, -0.25) is 4.79 Å². The van der Waals surface area contributed by atoms with Gasteiger partial charge in [0.2, 0.25) is 5.91 Å². The standard InChI is InChI=1S/C16H19N3OS/c1-11(17)16-18-14(10-21-16)8-15(20)19-7-6-12-4-2-3-5-13(12)9-19/h2-5,10-11H,6-9,17H2,1H3. The summed E-state index contributed by atoms with van der Waals surface area (Å²) in [6.45, 7) is 3.41. The summed E-state index contributed by atoms with van der Waals surface area (Å²) in [7, 11) is 0. The molecule has 1 aromatic carbocycles. The first-order chi connectivity index (χ1) is 10.1. The minimum absolute atomic E-state index is 0.0688. The van der Waals surface area contributed by atoms with E-state index in [1.165, 1.54) is 22.5 Å². The van der Waals surface area contributed by atoms with Gasteiger partial charge in [-0.2, -0.15) is 0 Å². The van der Waals surface area contributed by atoms with Gasteiger partial charge in [-0.1, -0.05) is 24.3 Å². The molecule has 1 aliphatic heterocycles. The third-order valence-electron chi connectivity index (χ3n) is 3.77. The summed E-state index contributed by atoms with van der Waals surface area (Å²) in [5.41, 5.74) is 9.25. The number of hydrogen-bond donors (Lipinski definition) is 1. The summed E-state index contributed by atoms with van der Waals surface area (Å²) in [5, 5.41) is 2.83. The maximum absolute atomic E-state index is 12.4. The molecule has 2 aromatic rings. The number of aromatic nitrogens is 1. The summed E-state index contributed by atoms with van der Waals surface area (Å²) < 4.78 is 0. The first kappa shape index (κ1) is 14.2. The number of nitrogens with zero attached hydrogens (tertiary/aromatic N) is 2. The van der Waals surface area contributed by atoms with Gasteiger partial charge in [0.25, 0.3) is 0 Å². The molecule has 1 atom stereocenters. The zero-order chi connectivity index (χ0) is 14.8. The van der Waals surface area contributed by atoms with Crippen molar-refractivity contribution < 1.29 is 4.79 Å². The number of benzene rings is 1. The quantitative estimate of drug-likeness (QED) is 0.946. The monoisotopic (exact) mass is 301 g/mol. The first-order valence-electron chi connectivity index (χ1n) is 7.18. The normalized spacial score (nSPS) is 15.6. The molecule has 3 rings (SSSR count). The molecule has 0 bridgehead atoms. The van der Waals surface area contributed by atoms with Crippen molar-refractivity contribution in [3.05, 3.63) is 51.5 Å². The Bertz CT molecular complexity index is 650. The van der Waals surface area contributed by atoms with Gasteiger partial charge in [0.05, 0.1) is 18.2 Å². The SMILES string of the molecule is CC(N)c1nc(CC(=O)N2CCc3ccccc3C2)cs1. The third-order valence-corrected chi connectivity index (χ3v) is 4.87. The lowest BCUT2D eigenvalue weighted by Crippen LogP contribution is -2.36. The minimum atomic E-state index is -0.0688. The van der Waals surface area contributed by atoms with Crippen LogP contribution in [0.25, 0.3) is 0 Å². The lowest BCUT2D eigenvalue weighted by Gasteiger charge is -2.28. The molecule has 0 aliphatic carbocycles. The summed E-state index contributed by atoms with van der Waals surface area (Å²) in [4.78, 5) is 18.8. The van der Waals surface area contributed by atoms with Crippen LogP contribution in [0, 0.1) is 0 Å². The largest absolute Gasteiger partial charge is 0.338 e. The molecule has 0 fully saturated rings. The number of rotatable bonds is 3. The topological polar surface area (TPSA) is 59.2 Å². The average molecular weight is 301 g/mol. The Hall–Kier alpha value is -1.72. The third kappa shape index (κ3) is 3.14. The maximum Gasteiger partial charge on any atom is 0.228 e. The molecule has 1 unspecified atom stereocenters. The van der Waals surface area contributed by atoms with Crippen molar-refractivity contribution in [1.82, 2.24) is 9.88 Å². The number of carbonyl (C=O) groups is 1. The van der Waals surface area contributed by atoms with Gasteiger partial charge >= 0.3 is 0 Å². The molecular formula is C16H19N3OS. The Morgan fingerprint density at radius 3 is 2.90 bits per heavy atom. The van der Waals surface area contributed by atoms with Crippen molar-refractivity contribution in [1.29, 1.82) is 0 Å². The summed E-state index contributed by atoms with van der Waals surface area (Å²) in [5.74, 6) is 0.144. The molecule has 2 heterocycles. The van der Waals surface area contributed by atoms with Crippen LogP contribution in [-0.4, -0.2) is 22.3 Å². The van der Waals surface area contributed by atoms with Crippen molar-refractivity contribution in [3.8, 4) is 0 Å². The molecule has 2 N–H and O–H groups in total. The maximum atomic E-state index is 12.4. The van der Waals surface area contributed by atoms with E-state index in [1.54, 1.807) is 0 Å². The van der Waals surface area contributed by atoms with Gasteiger partial charge in [0.1, 0.15) is 5.01 Å². The highest BCUT2D eigenvalue weighted by molar-refractivity contribution is 7.09. The number of hydrogen-bond acceptors (Lipinski definition) is 4. The van der Waals surface area contributed by atoms with Crippen LogP contribution in [0.5, 0.6) is 0 Å². The van der Waals surface area contributed by atoms with Crippen molar-refractivity contribution in [2.24, 2.45) is 5.73 Å². The highest BCUT2D eigenvalue weighted by atomic mass is 32.1. The number of thiazole rings is 1. The predicted molar refractivity (Wildman–Crippen MR) is 84.0 cm³/mol. The molecule has 1 aliphatic rings. The number of amides is 1. The number of nitrogens with two attached hydrogens (primary N) is 1. The lowest BCUT2D eigenvalue weighted by atomic mass is 10.00. The Kier molecular flexibility index (Phi) is 4.03. The number of carbonyl (C=O) groups excluding carboxylic acids is 1. The van der Waals surface area contributed by atoms with E-state index in [1.807, 2.05) is 23.3 Å². The van der Waals surface area contributed by atoms with Crippen LogP contribution in [0.15, 0.2) is 29.6 Å².